The molecule has 1 aromatic rings. The lowest BCUT2D eigenvalue weighted by Crippen LogP contribution is -2.41. The Kier molecular flexibility index (Phi) is 3.82. The smallest absolute Gasteiger partial charge is 0.123 e. The van der Waals surface area contributed by atoms with Crippen molar-refractivity contribution >= 4 is 0 Å². The normalized spacial score (nSPS) is 24.2. The van der Waals surface area contributed by atoms with E-state index in [4.69, 9.17) is 0 Å². The molecule has 0 bridgehead atoms. The zero-order chi connectivity index (χ0) is 12.3. The minimum Gasteiger partial charge on any atom is -0.311 e. The Balaban J connectivity index is 2.19. The van der Waals surface area contributed by atoms with Crippen molar-refractivity contribution in [2.45, 2.75) is 51.5 Å². The van der Waals surface area contributed by atoms with Gasteiger partial charge in [-0.05, 0) is 62.4 Å². The van der Waals surface area contributed by atoms with Crippen LogP contribution in [0.1, 0.15) is 43.7 Å². The molecule has 1 atom stereocenters. The number of hydrogen-bond acceptors (Lipinski definition) is 1. The first-order chi connectivity index (χ1) is 8.15. The Morgan fingerprint density at radius 2 is 2.24 bits per heavy atom. The molecule has 0 saturated carbocycles. The molecule has 1 aromatic carbocycles. The van der Waals surface area contributed by atoms with E-state index in [0.717, 1.165) is 18.5 Å². The quantitative estimate of drug-likeness (QED) is 0.840. The van der Waals surface area contributed by atoms with Gasteiger partial charge in [0.1, 0.15) is 5.82 Å². The molecule has 1 N–H and O–H groups in total. The van der Waals surface area contributed by atoms with Crippen LogP contribution in [0.25, 0.3) is 0 Å². The van der Waals surface area contributed by atoms with Gasteiger partial charge < -0.3 is 5.32 Å². The number of benzene rings is 1. The van der Waals surface area contributed by atoms with Gasteiger partial charge in [-0.15, -0.1) is 0 Å². The summed E-state index contributed by atoms with van der Waals surface area (Å²) >= 11 is 0. The Hall–Kier alpha value is -0.890. The Bertz CT molecular complexity index is 381. The molecule has 1 heterocycles. The minimum atomic E-state index is -0.116. The summed E-state index contributed by atoms with van der Waals surface area (Å²) in [5.74, 6) is -0.116. The largest absolute Gasteiger partial charge is 0.311 e. The van der Waals surface area contributed by atoms with Gasteiger partial charge in [-0.1, -0.05) is 19.4 Å². The molecule has 0 amide bonds. The fourth-order valence-corrected chi connectivity index (χ4v) is 2.99. The fourth-order valence-electron chi connectivity index (χ4n) is 2.99. The number of rotatable bonds is 4. The lowest BCUT2D eigenvalue weighted by Gasteiger charge is -2.30. The van der Waals surface area contributed by atoms with Gasteiger partial charge >= 0.3 is 0 Å². The van der Waals surface area contributed by atoms with Gasteiger partial charge in [-0.2, -0.15) is 0 Å². The van der Waals surface area contributed by atoms with Gasteiger partial charge in [-0.3, -0.25) is 0 Å². The molecule has 1 fully saturated rings. The first-order valence-electron chi connectivity index (χ1n) is 6.65. The predicted octanol–water partition coefficient (Wildman–Crippen LogP) is 3.60. The summed E-state index contributed by atoms with van der Waals surface area (Å²) in [6.07, 6.45) is 5.79. The number of hydrogen-bond donors (Lipinski definition) is 1. The molecule has 0 aliphatic carbocycles. The molecule has 1 nitrogen and oxygen atoms in total. The molecule has 94 valence electrons. The summed E-state index contributed by atoms with van der Waals surface area (Å²) in [5.41, 5.74) is 2.58. The summed E-state index contributed by atoms with van der Waals surface area (Å²) < 4.78 is 13.3. The molecule has 2 heteroatoms. The highest BCUT2D eigenvalue weighted by atomic mass is 19.1. The van der Waals surface area contributed by atoms with E-state index in [1.165, 1.54) is 31.2 Å². The van der Waals surface area contributed by atoms with Crippen LogP contribution in [0.5, 0.6) is 0 Å². The van der Waals surface area contributed by atoms with Crippen molar-refractivity contribution in [3.05, 3.63) is 35.1 Å². The van der Waals surface area contributed by atoms with Gasteiger partial charge in [0.05, 0.1) is 0 Å². The molecule has 1 saturated heterocycles. The van der Waals surface area contributed by atoms with E-state index in [1.807, 2.05) is 6.07 Å². The van der Waals surface area contributed by atoms with Crippen molar-refractivity contribution < 1.29 is 4.39 Å². The van der Waals surface area contributed by atoms with E-state index in [-0.39, 0.29) is 11.4 Å². The highest BCUT2D eigenvalue weighted by molar-refractivity contribution is 5.28. The molecule has 0 aromatic heterocycles. The van der Waals surface area contributed by atoms with Crippen LogP contribution in [0.3, 0.4) is 0 Å². The molecule has 0 spiro atoms. The van der Waals surface area contributed by atoms with Crippen LogP contribution < -0.4 is 5.32 Å². The standard InChI is InChI=1S/C15H22FN/c1-3-7-15(8-4-9-17-15)11-13-10-14(16)6-5-12(13)2/h5-6,10,17H,3-4,7-9,11H2,1-2H3. The monoisotopic (exact) mass is 235 g/mol. The highest BCUT2D eigenvalue weighted by Gasteiger charge is 2.32. The van der Waals surface area contributed by atoms with Gasteiger partial charge in [0.25, 0.3) is 0 Å². The summed E-state index contributed by atoms with van der Waals surface area (Å²) in [7, 11) is 0. The second-order valence-corrected chi connectivity index (χ2v) is 5.31. The van der Waals surface area contributed by atoms with Gasteiger partial charge in [0.2, 0.25) is 0 Å². The molecular formula is C15H22FN. The molecule has 0 radical (unpaired) electrons. The summed E-state index contributed by atoms with van der Waals surface area (Å²) in [6, 6.07) is 5.14. The summed E-state index contributed by atoms with van der Waals surface area (Å²) in [6.45, 7) is 5.40. The van der Waals surface area contributed by atoms with E-state index in [9.17, 15) is 4.39 Å². The maximum absolute atomic E-state index is 13.3. The van der Waals surface area contributed by atoms with Crippen LogP contribution in [0.2, 0.25) is 0 Å². The molecule has 17 heavy (non-hydrogen) atoms. The maximum atomic E-state index is 13.3. The average Bonchev–Trinajstić information content (AvgIpc) is 2.73. The second-order valence-electron chi connectivity index (χ2n) is 5.31. The molecule has 1 aliphatic rings. The van der Waals surface area contributed by atoms with Crippen LogP contribution in [-0.4, -0.2) is 12.1 Å². The zero-order valence-electron chi connectivity index (χ0n) is 10.9. The number of halogens is 1. The van der Waals surface area contributed by atoms with Crippen molar-refractivity contribution in [1.29, 1.82) is 0 Å². The Morgan fingerprint density at radius 3 is 2.88 bits per heavy atom. The third-order valence-corrected chi connectivity index (χ3v) is 3.90. The van der Waals surface area contributed by atoms with Crippen molar-refractivity contribution in [3.63, 3.8) is 0 Å². The first-order valence-corrected chi connectivity index (χ1v) is 6.65. The minimum absolute atomic E-state index is 0.116. The topological polar surface area (TPSA) is 12.0 Å². The van der Waals surface area contributed by atoms with Crippen LogP contribution >= 0.6 is 0 Å². The van der Waals surface area contributed by atoms with Gasteiger partial charge in [0.15, 0.2) is 0 Å². The SMILES string of the molecule is CCCC1(Cc2cc(F)ccc2C)CCCN1. The average molecular weight is 235 g/mol. The van der Waals surface area contributed by atoms with E-state index < -0.39 is 0 Å². The Labute approximate surface area is 103 Å². The lowest BCUT2D eigenvalue weighted by molar-refractivity contribution is 0.341. The predicted molar refractivity (Wildman–Crippen MR) is 69.7 cm³/mol. The van der Waals surface area contributed by atoms with Crippen LogP contribution in [-0.2, 0) is 6.42 Å². The number of aryl methyl sites for hydroxylation is 1. The molecule has 1 aliphatic heterocycles. The van der Waals surface area contributed by atoms with Gasteiger partial charge in [-0.25, -0.2) is 4.39 Å². The Morgan fingerprint density at radius 1 is 1.41 bits per heavy atom. The molecule has 1 unspecified atom stereocenters. The lowest BCUT2D eigenvalue weighted by atomic mass is 9.84. The van der Waals surface area contributed by atoms with E-state index in [0.29, 0.717) is 0 Å². The first kappa shape index (κ1) is 12.6. The summed E-state index contributed by atoms with van der Waals surface area (Å²) in [4.78, 5) is 0. The van der Waals surface area contributed by atoms with E-state index >= 15 is 0 Å². The third kappa shape index (κ3) is 2.86. The highest BCUT2D eigenvalue weighted by Crippen LogP contribution is 2.30. The zero-order valence-corrected chi connectivity index (χ0v) is 10.9. The number of nitrogens with one attached hydrogen (secondary N) is 1. The van der Waals surface area contributed by atoms with E-state index in [1.54, 1.807) is 12.1 Å². The molecule has 2 rings (SSSR count). The van der Waals surface area contributed by atoms with Crippen molar-refractivity contribution in [1.82, 2.24) is 5.32 Å². The fraction of sp³-hybridized carbons (Fsp3) is 0.600. The van der Waals surface area contributed by atoms with Crippen molar-refractivity contribution in [3.8, 4) is 0 Å². The van der Waals surface area contributed by atoms with Gasteiger partial charge in [0, 0.05) is 5.54 Å². The summed E-state index contributed by atoms with van der Waals surface area (Å²) in [5, 5.41) is 3.64. The molecular weight excluding hydrogens is 213 g/mol. The van der Waals surface area contributed by atoms with Crippen LogP contribution in [0.4, 0.5) is 4.39 Å². The second kappa shape index (κ2) is 5.18. The van der Waals surface area contributed by atoms with E-state index in [2.05, 4.69) is 19.2 Å². The third-order valence-electron chi connectivity index (χ3n) is 3.90. The van der Waals surface area contributed by atoms with Crippen molar-refractivity contribution in [2.24, 2.45) is 0 Å². The van der Waals surface area contributed by atoms with Crippen molar-refractivity contribution in [2.75, 3.05) is 6.54 Å². The maximum Gasteiger partial charge on any atom is 0.123 e. The van der Waals surface area contributed by atoms with Crippen LogP contribution in [0, 0.1) is 12.7 Å². The van der Waals surface area contributed by atoms with Crippen LogP contribution in [0.15, 0.2) is 18.2 Å².